The molecule has 7 heteroatoms. The number of rotatable bonds is 3. The number of thiazole rings is 1. The van der Waals surface area contributed by atoms with E-state index in [0.29, 0.717) is 22.3 Å². The fraction of sp³-hybridized carbons (Fsp3) is 0. The van der Waals surface area contributed by atoms with Crippen LogP contribution in [0, 0.1) is 0 Å². The van der Waals surface area contributed by atoms with Gasteiger partial charge >= 0.3 is 0 Å². The first-order valence-corrected chi connectivity index (χ1v) is 8.04. The maximum absolute atomic E-state index is 12.5. The standard InChI is InChI=1S/C17H12N4O2S/c18-12-6-5-10(15-8-19-9-24-15)7-13(12)20-17(22)16-11-3-1-2-4-14(11)23-21-16/h1-9H,18H2,(H,20,22). The molecular weight excluding hydrogens is 324 g/mol. The van der Waals surface area contributed by atoms with Crippen molar-refractivity contribution in [2.24, 2.45) is 0 Å². The first-order valence-electron chi connectivity index (χ1n) is 7.16. The van der Waals surface area contributed by atoms with Crippen molar-refractivity contribution in [3.8, 4) is 10.4 Å². The maximum Gasteiger partial charge on any atom is 0.278 e. The van der Waals surface area contributed by atoms with Crippen LogP contribution in [-0.4, -0.2) is 16.0 Å². The lowest BCUT2D eigenvalue weighted by molar-refractivity contribution is 0.102. The van der Waals surface area contributed by atoms with Crippen LogP contribution in [0.4, 0.5) is 11.4 Å². The Morgan fingerprint density at radius 1 is 1.21 bits per heavy atom. The number of carbonyl (C=O) groups is 1. The van der Waals surface area contributed by atoms with E-state index in [4.69, 9.17) is 10.3 Å². The van der Waals surface area contributed by atoms with E-state index in [0.717, 1.165) is 10.4 Å². The van der Waals surface area contributed by atoms with Crippen LogP contribution in [0.3, 0.4) is 0 Å². The molecule has 1 amide bonds. The molecule has 0 aliphatic carbocycles. The summed E-state index contributed by atoms with van der Waals surface area (Å²) >= 11 is 1.52. The summed E-state index contributed by atoms with van der Waals surface area (Å²) in [5.41, 5.74) is 10.5. The van der Waals surface area contributed by atoms with Gasteiger partial charge in [-0.2, -0.15) is 0 Å². The zero-order valence-corrected chi connectivity index (χ0v) is 13.2. The second-order valence-electron chi connectivity index (χ2n) is 5.15. The van der Waals surface area contributed by atoms with Gasteiger partial charge in [0.2, 0.25) is 0 Å². The number of nitrogens with zero attached hydrogens (tertiary/aromatic N) is 2. The van der Waals surface area contributed by atoms with E-state index in [1.54, 1.807) is 29.9 Å². The summed E-state index contributed by atoms with van der Waals surface area (Å²) in [6.45, 7) is 0. The molecule has 0 aliphatic rings. The topological polar surface area (TPSA) is 94.0 Å². The normalized spacial score (nSPS) is 10.8. The van der Waals surface area contributed by atoms with Gasteiger partial charge in [0.1, 0.15) is 0 Å². The smallest absolute Gasteiger partial charge is 0.278 e. The number of nitrogens with two attached hydrogens (primary N) is 1. The van der Waals surface area contributed by atoms with Crippen LogP contribution in [-0.2, 0) is 0 Å². The molecule has 0 bridgehead atoms. The fourth-order valence-corrected chi connectivity index (χ4v) is 3.03. The van der Waals surface area contributed by atoms with Gasteiger partial charge in [0.25, 0.3) is 5.91 Å². The molecule has 24 heavy (non-hydrogen) atoms. The highest BCUT2D eigenvalue weighted by molar-refractivity contribution is 7.13. The molecule has 118 valence electrons. The lowest BCUT2D eigenvalue weighted by Gasteiger charge is -2.08. The summed E-state index contributed by atoms with van der Waals surface area (Å²) in [7, 11) is 0. The summed E-state index contributed by atoms with van der Waals surface area (Å²) in [4.78, 5) is 17.6. The second kappa shape index (κ2) is 5.78. The molecule has 2 aromatic heterocycles. The number of amides is 1. The van der Waals surface area contributed by atoms with E-state index in [2.05, 4.69) is 15.5 Å². The Labute approximate surface area is 140 Å². The molecule has 0 saturated heterocycles. The summed E-state index contributed by atoms with van der Waals surface area (Å²) in [5.74, 6) is -0.367. The molecule has 0 aliphatic heterocycles. The molecule has 0 radical (unpaired) electrons. The number of anilines is 2. The molecule has 0 spiro atoms. The Morgan fingerprint density at radius 3 is 2.92 bits per heavy atom. The van der Waals surface area contributed by atoms with Crippen molar-refractivity contribution in [3.05, 3.63) is 59.9 Å². The predicted molar refractivity (Wildman–Crippen MR) is 93.9 cm³/mol. The number of nitrogen functional groups attached to an aromatic ring is 1. The van der Waals surface area contributed by atoms with Crippen molar-refractivity contribution < 1.29 is 9.32 Å². The number of para-hydroxylation sites is 1. The van der Waals surface area contributed by atoms with Gasteiger partial charge in [0, 0.05) is 6.20 Å². The molecule has 4 aromatic rings. The monoisotopic (exact) mass is 336 g/mol. The van der Waals surface area contributed by atoms with Crippen LogP contribution in [0.1, 0.15) is 10.5 Å². The van der Waals surface area contributed by atoms with Crippen LogP contribution >= 0.6 is 11.3 Å². The van der Waals surface area contributed by atoms with E-state index in [9.17, 15) is 4.79 Å². The molecule has 0 saturated carbocycles. The SMILES string of the molecule is Nc1ccc(-c2cncs2)cc1NC(=O)c1noc2ccccc12. The largest absolute Gasteiger partial charge is 0.397 e. The highest BCUT2D eigenvalue weighted by Gasteiger charge is 2.17. The number of nitrogens with one attached hydrogen (secondary N) is 1. The van der Waals surface area contributed by atoms with Crippen molar-refractivity contribution in [3.63, 3.8) is 0 Å². The third kappa shape index (κ3) is 2.50. The summed E-state index contributed by atoms with van der Waals surface area (Å²) in [6.07, 6.45) is 1.77. The van der Waals surface area contributed by atoms with Gasteiger partial charge in [-0.25, -0.2) is 0 Å². The Morgan fingerprint density at radius 2 is 2.08 bits per heavy atom. The van der Waals surface area contributed by atoms with Crippen LogP contribution < -0.4 is 11.1 Å². The van der Waals surface area contributed by atoms with Crippen LogP contribution in [0.5, 0.6) is 0 Å². The minimum absolute atomic E-state index is 0.230. The van der Waals surface area contributed by atoms with Gasteiger partial charge < -0.3 is 15.6 Å². The number of carbonyl (C=O) groups excluding carboxylic acids is 1. The number of hydrogen-bond donors (Lipinski definition) is 2. The minimum Gasteiger partial charge on any atom is -0.397 e. The number of benzene rings is 2. The lowest BCUT2D eigenvalue weighted by Crippen LogP contribution is -2.14. The Balaban J connectivity index is 1.67. The van der Waals surface area contributed by atoms with Crippen molar-refractivity contribution >= 4 is 39.6 Å². The van der Waals surface area contributed by atoms with Crippen molar-refractivity contribution in [1.29, 1.82) is 0 Å². The van der Waals surface area contributed by atoms with Gasteiger partial charge in [-0.1, -0.05) is 23.4 Å². The third-order valence-electron chi connectivity index (χ3n) is 3.61. The highest BCUT2D eigenvalue weighted by Crippen LogP contribution is 2.30. The van der Waals surface area contributed by atoms with Gasteiger partial charge in [0.05, 0.1) is 27.1 Å². The second-order valence-corrected chi connectivity index (χ2v) is 6.04. The highest BCUT2D eigenvalue weighted by atomic mass is 32.1. The third-order valence-corrected chi connectivity index (χ3v) is 4.43. The quantitative estimate of drug-likeness (QED) is 0.555. The van der Waals surface area contributed by atoms with Gasteiger partial charge in [-0.05, 0) is 29.8 Å². The molecule has 0 fully saturated rings. The summed E-state index contributed by atoms with van der Waals surface area (Å²) < 4.78 is 5.17. The Bertz CT molecular complexity index is 1020. The van der Waals surface area contributed by atoms with Crippen LogP contribution in [0.15, 0.2) is 58.7 Å². The average Bonchev–Trinajstić information content (AvgIpc) is 3.26. The number of hydrogen-bond acceptors (Lipinski definition) is 6. The van der Waals surface area contributed by atoms with Gasteiger partial charge in [0.15, 0.2) is 11.3 Å². The van der Waals surface area contributed by atoms with Crippen molar-refractivity contribution in [2.75, 3.05) is 11.1 Å². The Kier molecular flexibility index (Phi) is 3.47. The molecule has 0 unspecified atom stereocenters. The molecule has 3 N–H and O–H groups in total. The summed E-state index contributed by atoms with van der Waals surface area (Å²) in [6, 6.07) is 12.7. The van der Waals surface area contributed by atoms with E-state index in [1.165, 1.54) is 11.3 Å². The first kappa shape index (κ1) is 14.4. The predicted octanol–water partition coefficient (Wildman–Crippen LogP) is 3.79. The van der Waals surface area contributed by atoms with Crippen molar-refractivity contribution in [1.82, 2.24) is 10.1 Å². The Hall–Kier alpha value is -3.19. The number of fused-ring (bicyclic) bond motifs is 1. The molecule has 4 rings (SSSR count). The minimum atomic E-state index is -0.367. The van der Waals surface area contributed by atoms with Crippen LogP contribution in [0.25, 0.3) is 21.4 Å². The van der Waals surface area contributed by atoms with E-state index in [1.807, 2.05) is 24.3 Å². The van der Waals surface area contributed by atoms with Crippen molar-refractivity contribution in [2.45, 2.75) is 0 Å². The molecule has 0 atom stereocenters. The van der Waals surface area contributed by atoms with E-state index < -0.39 is 0 Å². The van der Waals surface area contributed by atoms with Crippen LogP contribution in [0.2, 0.25) is 0 Å². The maximum atomic E-state index is 12.5. The zero-order chi connectivity index (χ0) is 16.5. The summed E-state index contributed by atoms with van der Waals surface area (Å²) in [5, 5.41) is 7.32. The zero-order valence-electron chi connectivity index (χ0n) is 12.4. The molecule has 2 aromatic carbocycles. The lowest BCUT2D eigenvalue weighted by atomic mass is 10.1. The van der Waals surface area contributed by atoms with E-state index in [-0.39, 0.29) is 11.6 Å². The molecule has 2 heterocycles. The van der Waals surface area contributed by atoms with Gasteiger partial charge in [-0.3, -0.25) is 9.78 Å². The number of aromatic nitrogens is 2. The first-order chi connectivity index (χ1) is 11.7. The fourth-order valence-electron chi connectivity index (χ4n) is 2.41. The molecule has 6 nitrogen and oxygen atoms in total. The average molecular weight is 336 g/mol. The van der Waals surface area contributed by atoms with E-state index >= 15 is 0 Å². The van der Waals surface area contributed by atoms with Gasteiger partial charge in [-0.15, -0.1) is 11.3 Å². The molecular formula is C17H12N4O2S.